The lowest BCUT2D eigenvalue weighted by Gasteiger charge is -2.34. The first-order valence-electron chi connectivity index (χ1n) is 8.37. The van der Waals surface area contributed by atoms with Gasteiger partial charge in [0.25, 0.3) is 0 Å². The van der Waals surface area contributed by atoms with Crippen molar-refractivity contribution in [1.29, 1.82) is 0 Å². The van der Waals surface area contributed by atoms with Gasteiger partial charge >= 0.3 is 0 Å². The molecule has 1 atom stereocenters. The Kier molecular flexibility index (Phi) is 4.86. The van der Waals surface area contributed by atoms with E-state index in [1.807, 2.05) is 4.90 Å². The van der Waals surface area contributed by atoms with Gasteiger partial charge in [0.05, 0.1) is 0 Å². The summed E-state index contributed by atoms with van der Waals surface area (Å²) in [5.74, 6) is 0.0282. The molecule has 5 heteroatoms. The second kappa shape index (κ2) is 7.04. The highest BCUT2D eigenvalue weighted by Crippen LogP contribution is 2.23. The fraction of sp³-hybridized carbons (Fsp3) is 0.500. The Bertz CT molecular complexity index is 566. The van der Waals surface area contributed by atoms with Crippen molar-refractivity contribution < 1.29 is 4.79 Å². The molecule has 1 aromatic carbocycles. The van der Waals surface area contributed by atoms with Crippen molar-refractivity contribution in [1.82, 2.24) is 9.80 Å². The van der Waals surface area contributed by atoms with Gasteiger partial charge in [0.2, 0.25) is 5.91 Å². The zero-order valence-electron chi connectivity index (χ0n) is 13.9. The number of hydrogen-bond acceptors (Lipinski definition) is 4. The molecule has 23 heavy (non-hydrogen) atoms. The number of carbonyl (C=O) groups excluding carboxylic acids is 1. The Morgan fingerprint density at radius 2 is 2.04 bits per heavy atom. The molecule has 2 heterocycles. The van der Waals surface area contributed by atoms with Crippen LogP contribution < -0.4 is 10.2 Å². The summed E-state index contributed by atoms with van der Waals surface area (Å²) in [6.07, 6.45) is 2.38. The second-order valence-electron chi connectivity index (χ2n) is 6.46. The van der Waals surface area contributed by atoms with Gasteiger partial charge in [-0.25, -0.2) is 0 Å². The van der Waals surface area contributed by atoms with E-state index in [2.05, 4.69) is 53.0 Å². The highest BCUT2D eigenvalue weighted by Gasteiger charge is 2.24. The third kappa shape index (κ3) is 3.85. The predicted octanol–water partition coefficient (Wildman–Crippen LogP) is 1.64. The number of amides is 1. The van der Waals surface area contributed by atoms with Crippen molar-refractivity contribution in [3.05, 3.63) is 36.9 Å². The third-order valence-electron chi connectivity index (χ3n) is 4.76. The van der Waals surface area contributed by atoms with Gasteiger partial charge < -0.3 is 20.0 Å². The van der Waals surface area contributed by atoms with Crippen molar-refractivity contribution >= 4 is 17.3 Å². The Labute approximate surface area is 138 Å². The largest absolute Gasteiger partial charge is 0.380 e. The molecule has 0 aromatic heterocycles. The monoisotopic (exact) mass is 314 g/mol. The van der Waals surface area contributed by atoms with Crippen LogP contribution in [0.4, 0.5) is 11.4 Å². The first kappa shape index (κ1) is 15.9. The molecule has 1 amide bonds. The van der Waals surface area contributed by atoms with Crippen LogP contribution in [-0.2, 0) is 4.79 Å². The van der Waals surface area contributed by atoms with E-state index in [1.165, 1.54) is 11.8 Å². The summed E-state index contributed by atoms with van der Waals surface area (Å²) < 4.78 is 0. The molecule has 0 bridgehead atoms. The number of benzene rings is 1. The van der Waals surface area contributed by atoms with E-state index < -0.39 is 0 Å². The number of carbonyl (C=O) groups is 1. The molecule has 0 aliphatic carbocycles. The van der Waals surface area contributed by atoms with Crippen LogP contribution in [0.3, 0.4) is 0 Å². The molecule has 0 radical (unpaired) electrons. The molecule has 0 spiro atoms. The van der Waals surface area contributed by atoms with Crippen LogP contribution in [0.1, 0.15) is 6.42 Å². The molecule has 2 aliphatic heterocycles. The molecule has 124 valence electrons. The van der Waals surface area contributed by atoms with Crippen LogP contribution in [0.25, 0.3) is 0 Å². The summed E-state index contributed by atoms with van der Waals surface area (Å²) in [7, 11) is 2.17. The number of likely N-dealkylation sites (tertiary alicyclic amines) is 1. The molecular weight excluding hydrogens is 288 g/mol. The zero-order valence-corrected chi connectivity index (χ0v) is 13.9. The molecule has 1 aromatic rings. The molecule has 0 saturated carbocycles. The fourth-order valence-corrected chi connectivity index (χ4v) is 3.30. The van der Waals surface area contributed by atoms with Gasteiger partial charge in [-0.3, -0.25) is 4.79 Å². The molecule has 1 unspecified atom stereocenters. The highest BCUT2D eigenvalue weighted by atomic mass is 16.2. The number of hydrogen-bond donors (Lipinski definition) is 1. The summed E-state index contributed by atoms with van der Waals surface area (Å²) in [4.78, 5) is 18.3. The molecule has 2 aliphatic rings. The Hall–Kier alpha value is -2.01. The van der Waals surface area contributed by atoms with Crippen molar-refractivity contribution in [3.8, 4) is 0 Å². The fourth-order valence-electron chi connectivity index (χ4n) is 3.30. The number of piperazine rings is 1. The predicted molar refractivity (Wildman–Crippen MR) is 95.0 cm³/mol. The maximum atomic E-state index is 11.7. The first-order valence-corrected chi connectivity index (χ1v) is 8.37. The molecular formula is C18H26N4O. The van der Waals surface area contributed by atoms with E-state index >= 15 is 0 Å². The van der Waals surface area contributed by atoms with Gasteiger partial charge in [-0.2, -0.15) is 0 Å². The van der Waals surface area contributed by atoms with Gasteiger partial charge in [0.15, 0.2) is 0 Å². The molecule has 2 fully saturated rings. The number of rotatable bonds is 4. The van der Waals surface area contributed by atoms with Crippen molar-refractivity contribution in [2.24, 2.45) is 0 Å². The normalized spacial score (nSPS) is 22.2. The summed E-state index contributed by atoms with van der Waals surface area (Å²) in [5.41, 5.74) is 2.42. The van der Waals surface area contributed by atoms with E-state index in [0.29, 0.717) is 6.04 Å². The summed E-state index contributed by atoms with van der Waals surface area (Å²) in [6, 6.07) is 8.94. The maximum absolute atomic E-state index is 11.7. The number of nitrogens with one attached hydrogen (secondary N) is 1. The molecule has 5 nitrogen and oxygen atoms in total. The van der Waals surface area contributed by atoms with Crippen LogP contribution in [0.15, 0.2) is 36.9 Å². The van der Waals surface area contributed by atoms with Gasteiger partial charge in [-0.05, 0) is 37.7 Å². The number of likely N-dealkylation sites (N-methyl/N-ethyl adjacent to an activating group) is 1. The Morgan fingerprint density at radius 3 is 2.78 bits per heavy atom. The van der Waals surface area contributed by atoms with Gasteiger partial charge in [0, 0.05) is 56.7 Å². The van der Waals surface area contributed by atoms with Crippen molar-refractivity contribution in [3.63, 3.8) is 0 Å². The van der Waals surface area contributed by atoms with Crippen LogP contribution in [-0.4, -0.2) is 68.1 Å². The third-order valence-corrected chi connectivity index (χ3v) is 4.76. The quantitative estimate of drug-likeness (QED) is 0.858. The van der Waals surface area contributed by atoms with E-state index in [4.69, 9.17) is 0 Å². The molecule has 1 N–H and O–H groups in total. The van der Waals surface area contributed by atoms with Crippen LogP contribution in [0, 0.1) is 0 Å². The summed E-state index contributed by atoms with van der Waals surface area (Å²) in [5, 5.41) is 3.57. The van der Waals surface area contributed by atoms with Crippen LogP contribution in [0.2, 0.25) is 0 Å². The molecule has 3 rings (SSSR count). The van der Waals surface area contributed by atoms with Crippen molar-refractivity contribution in [2.75, 3.05) is 56.5 Å². The number of nitrogens with zero attached hydrogens (tertiary/aromatic N) is 3. The van der Waals surface area contributed by atoms with Crippen LogP contribution >= 0.6 is 0 Å². The summed E-state index contributed by atoms with van der Waals surface area (Å²) in [6.45, 7) is 9.49. The lowest BCUT2D eigenvalue weighted by Crippen LogP contribution is -2.44. The van der Waals surface area contributed by atoms with Gasteiger partial charge in [0.1, 0.15) is 0 Å². The minimum atomic E-state index is 0.0282. The SMILES string of the molecule is C=CC(=O)N1CCC(Nc2cccc(N3CCN(C)CC3)c2)C1. The van der Waals surface area contributed by atoms with Crippen molar-refractivity contribution in [2.45, 2.75) is 12.5 Å². The molecule has 2 saturated heterocycles. The van der Waals surface area contributed by atoms with Gasteiger partial charge in [-0.15, -0.1) is 0 Å². The van der Waals surface area contributed by atoms with E-state index in [9.17, 15) is 4.79 Å². The maximum Gasteiger partial charge on any atom is 0.246 e. The van der Waals surface area contributed by atoms with E-state index in [1.54, 1.807) is 0 Å². The lowest BCUT2D eigenvalue weighted by molar-refractivity contribution is -0.125. The highest BCUT2D eigenvalue weighted by molar-refractivity contribution is 5.87. The van der Waals surface area contributed by atoms with Crippen LogP contribution in [0.5, 0.6) is 0 Å². The smallest absolute Gasteiger partial charge is 0.246 e. The standard InChI is InChI=1S/C18H26N4O/c1-3-18(23)22-8-7-16(14-22)19-15-5-4-6-17(13-15)21-11-9-20(2)10-12-21/h3-6,13,16,19H,1,7-12,14H2,2H3. The lowest BCUT2D eigenvalue weighted by atomic mass is 10.2. The second-order valence-corrected chi connectivity index (χ2v) is 6.46. The average Bonchev–Trinajstić information content (AvgIpc) is 3.03. The Morgan fingerprint density at radius 1 is 1.26 bits per heavy atom. The minimum absolute atomic E-state index is 0.0282. The summed E-state index contributed by atoms with van der Waals surface area (Å²) >= 11 is 0. The topological polar surface area (TPSA) is 38.8 Å². The zero-order chi connectivity index (χ0) is 16.2. The number of anilines is 2. The first-order chi connectivity index (χ1) is 11.2. The Balaban J connectivity index is 1.60. The minimum Gasteiger partial charge on any atom is -0.380 e. The average molecular weight is 314 g/mol. The van der Waals surface area contributed by atoms with E-state index in [-0.39, 0.29) is 5.91 Å². The van der Waals surface area contributed by atoms with Gasteiger partial charge in [-0.1, -0.05) is 12.6 Å². The van der Waals surface area contributed by atoms with E-state index in [0.717, 1.165) is 51.4 Å².